The molecule has 1 N–H and O–H groups in total. The highest BCUT2D eigenvalue weighted by atomic mass is 79.9. The Morgan fingerprint density at radius 2 is 1.93 bits per heavy atom. The SMILES string of the molecule is O=C(Nc1cc(Br)ccc1N1CCOCC1)c1cc(-c2ccccc2F)on1. The van der Waals surface area contributed by atoms with E-state index in [1.54, 1.807) is 18.2 Å². The number of nitrogens with one attached hydrogen (secondary N) is 1. The van der Waals surface area contributed by atoms with Gasteiger partial charge in [-0.25, -0.2) is 4.39 Å². The monoisotopic (exact) mass is 445 g/mol. The molecule has 1 fully saturated rings. The molecule has 1 aliphatic rings. The molecule has 28 heavy (non-hydrogen) atoms. The topological polar surface area (TPSA) is 67.6 Å². The van der Waals surface area contributed by atoms with Crippen molar-refractivity contribution < 1.29 is 18.4 Å². The number of morpholine rings is 1. The Morgan fingerprint density at radius 3 is 2.71 bits per heavy atom. The number of nitrogens with zero attached hydrogens (tertiary/aromatic N) is 2. The lowest BCUT2D eigenvalue weighted by Gasteiger charge is -2.30. The average molecular weight is 446 g/mol. The van der Waals surface area contributed by atoms with Crippen LogP contribution in [0, 0.1) is 5.82 Å². The summed E-state index contributed by atoms with van der Waals surface area (Å²) in [4.78, 5) is 14.9. The van der Waals surface area contributed by atoms with Gasteiger partial charge in [0, 0.05) is 23.6 Å². The van der Waals surface area contributed by atoms with Crippen LogP contribution in [0.5, 0.6) is 0 Å². The fraction of sp³-hybridized carbons (Fsp3) is 0.200. The molecular weight excluding hydrogens is 429 g/mol. The van der Waals surface area contributed by atoms with Crippen LogP contribution >= 0.6 is 15.9 Å². The molecule has 1 saturated heterocycles. The molecule has 0 aliphatic carbocycles. The largest absolute Gasteiger partial charge is 0.378 e. The number of aromatic nitrogens is 1. The first-order valence-electron chi connectivity index (χ1n) is 8.77. The summed E-state index contributed by atoms with van der Waals surface area (Å²) in [6.45, 7) is 2.76. The van der Waals surface area contributed by atoms with Crippen molar-refractivity contribution in [2.75, 3.05) is 36.5 Å². The van der Waals surface area contributed by atoms with Crippen LogP contribution in [0.15, 0.2) is 57.5 Å². The number of benzene rings is 2. The van der Waals surface area contributed by atoms with Gasteiger partial charge in [-0.2, -0.15) is 0 Å². The molecule has 4 rings (SSSR count). The molecule has 8 heteroatoms. The second-order valence-electron chi connectivity index (χ2n) is 6.27. The second kappa shape index (κ2) is 8.12. The van der Waals surface area contributed by atoms with Crippen LogP contribution in [0.1, 0.15) is 10.5 Å². The van der Waals surface area contributed by atoms with Gasteiger partial charge in [-0.1, -0.05) is 33.2 Å². The van der Waals surface area contributed by atoms with Gasteiger partial charge in [-0.05, 0) is 30.3 Å². The molecule has 1 amide bonds. The zero-order valence-electron chi connectivity index (χ0n) is 14.8. The predicted octanol–water partition coefficient (Wildman–Crippen LogP) is 4.33. The number of ether oxygens (including phenoxy) is 1. The van der Waals surface area contributed by atoms with E-state index in [1.165, 1.54) is 12.1 Å². The normalized spacial score (nSPS) is 14.1. The average Bonchev–Trinajstić information content (AvgIpc) is 3.19. The summed E-state index contributed by atoms with van der Waals surface area (Å²) in [5, 5.41) is 6.67. The van der Waals surface area contributed by atoms with E-state index in [0.29, 0.717) is 18.9 Å². The van der Waals surface area contributed by atoms with Gasteiger partial charge in [0.15, 0.2) is 11.5 Å². The number of rotatable bonds is 4. The van der Waals surface area contributed by atoms with Gasteiger partial charge in [0.05, 0.1) is 30.2 Å². The summed E-state index contributed by atoms with van der Waals surface area (Å²) >= 11 is 3.44. The summed E-state index contributed by atoms with van der Waals surface area (Å²) in [6.07, 6.45) is 0. The van der Waals surface area contributed by atoms with E-state index >= 15 is 0 Å². The molecule has 1 aliphatic heterocycles. The van der Waals surface area contributed by atoms with Crippen LogP contribution in [-0.2, 0) is 4.74 Å². The van der Waals surface area contributed by atoms with Gasteiger partial charge in [0.2, 0.25) is 0 Å². The van der Waals surface area contributed by atoms with Crippen molar-refractivity contribution in [3.8, 4) is 11.3 Å². The number of anilines is 2. The molecule has 3 aromatic rings. The van der Waals surface area contributed by atoms with Gasteiger partial charge in [0.1, 0.15) is 5.82 Å². The van der Waals surface area contributed by atoms with E-state index < -0.39 is 11.7 Å². The maximum atomic E-state index is 13.9. The Balaban J connectivity index is 1.57. The molecule has 2 aromatic carbocycles. The maximum absolute atomic E-state index is 13.9. The third-order valence-electron chi connectivity index (χ3n) is 4.44. The van der Waals surface area contributed by atoms with Gasteiger partial charge < -0.3 is 19.5 Å². The smallest absolute Gasteiger partial charge is 0.277 e. The molecule has 6 nitrogen and oxygen atoms in total. The van der Waals surface area contributed by atoms with Gasteiger partial charge in [-0.3, -0.25) is 4.79 Å². The lowest BCUT2D eigenvalue weighted by Crippen LogP contribution is -2.36. The molecule has 0 radical (unpaired) electrons. The number of amides is 1. The summed E-state index contributed by atoms with van der Waals surface area (Å²) in [5.74, 6) is -0.669. The molecule has 1 aromatic heterocycles. The van der Waals surface area contributed by atoms with Crippen LogP contribution < -0.4 is 10.2 Å². The van der Waals surface area contributed by atoms with Gasteiger partial charge >= 0.3 is 0 Å². The van der Waals surface area contributed by atoms with Crippen molar-refractivity contribution in [3.05, 3.63) is 64.5 Å². The number of carbonyl (C=O) groups excluding carboxylic acids is 1. The highest BCUT2D eigenvalue weighted by molar-refractivity contribution is 9.10. The van der Waals surface area contributed by atoms with E-state index in [1.807, 2.05) is 18.2 Å². The summed E-state index contributed by atoms with van der Waals surface area (Å²) in [5.41, 5.74) is 1.88. The lowest BCUT2D eigenvalue weighted by atomic mass is 10.1. The Labute approximate surface area is 169 Å². The number of halogens is 2. The molecule has 0 spiro atoms. The van der Waals surface area contributed by atoms with E-state index in [0.717, 1.165) is 23.2 Å². The molecular formula is C20H17BrFN3O3. The van der Waals surface area contributed by atoms with Crippen LogP contribution in [0.2, 0.25) is 0 Å². The molecule has 0 bridgehead atoms. The standard InChI is InChI=1S/C20H17BrFN3O3/c21-13-5-6-18(25-7-9-27-10-8-25)16(11-13)23-20(26)17-12-19(28-24-17)14-3-1-2-4-15(14)22/h1-6,11-12H,7-10H2,(H,23,26). The minimum atomic E-state index is -0.438. The van der Waals surface area contributed by atoms with Crippen LogP contribution in [0.3, 0.4) is 0 Å². The quantitative estimate of drug-likeness (QED) is 0.646. The Hall–Kier alpha value is -2.71. The first kappa shape index (κ1) is 18.6. The van der Waals surface area contributed by atoms with Crippen LogP contribution in [0.4, 0.5) is 15.8 Å². The van der Waals surface area contributed by atoms with Crippen LogP contribution in [0.25, 0.3) is 11.3 Å². The van der Waals surface area contributed by atoms with Gasteiger partial charge in [0.25, 0.3) is 5.91 Å². The molecule has 0 atom stereocenters. The third kappa shape index (κ3) is 3.93. The fourth-order valence-corrected chi connectivity index (χ4v) is 3.41. The zero-order valence-corrected chi connectivity index (χ0v) is 16.4. The highest BCUT2D eigenvalue weighted by Gasteiger charge is 2.20. The van der Waals surface area contributed by atoms with Crippen molar-refractivity contribution >= 4 is 33.2 Å². The van der Waals surface area contributed by atoms with E-state index in [9.17, 15) is 9.18 Å². The third-order valence-corrected chi connectivity index (χ3v) is 4.93. The number of hydrogen-bond acceptors (Lipinski definition) is 5. The van der Waals surface area contributed by atoms with Crippen molar-refractivity contribution in [2.24, 2.45) is 0 Å². The fourth-order valence-electron chi connectivity index (χ4n) is 3.04. The van der Waals surface area contributed by atoms with Crippen molar-refractivity contribution in [1.29, 1.82) is 0 Å². The predicted molar refractivity (Wildman–Crippen MR) is 107 cm³/mol. The minimum Gasteiger partial charge on any atom is -0.378 e. The summed E-state index contributed by atoms with van der Waals surface area (Å²) in [7, 11) is 0. The van der Waals surface area contributed by atoms with Crippen molar-refractivity contribution in [1.82, 2.24) is 5.16 Å². The first-order valence-corrected chi connectivity index (χ1v) is 9.56. The van der Waals surface area contributed by atoms with E-state index in [2.05, 4.69) is 31.3 Å². The van der Waals surface area contributed by atoms with Gasteiger partial charge in [-0.15, -0.1) is 0 Å². The van der Waals surface area contributed by atoms with Crippen molar-refractivity contribution in [3.63, 3.8) is 0 Å². The van der Waals surface area contributed by atoms with Crippen molar-refractivity contribution in [2.45, 2.75) is 0 Å². The summed E-state index contributed by atoms with van der Waals surface area (Å²) in [6, 6.07) is 13.3. The summed E-state index contributed by atoms with van der Waals surface area (Å²) < 4.78 is 25.3. The number of carbonyl (C=O) groups is 1. The zero-order chi connectivity index (χ0) is 19.5. The highest BCUT2D eigenvalue weighted by Crippen LogP contribution is 2.31. The Morgan fingerprint density at radius 1 is 1.14 bits per heavy atom. The van der Waals surface area contributed by atoms with E-state index in [-0.39, 0.29) is 17.0 Å². The molecule has 0 saturated carbocycles. The Kier molecular flexibility index (Phi) is 5.40. The molecule has 0 unspecified atom stereocenters. The first-order chi connectivity index (χ1) is 13.6. The van der Waals surface area contributed by atoms with E-state index in [4.69, 9.17) is 9.26 Å². The number of hydrogen-bond donors (Lipinski definition) is 1. The second-order valence-corrected chi connectivity index (χ2v) is 7.19. The Bertz CT molecular complexity index is 1000. The lowest BCUT2D eigenvalue weighted by molar-refractivity contribution is 0.101. The minimum absolute atomic E-state index is 0.0751. The molecule has 2 heterocycles. The van der Waals surface area contributed by atoms with Crippen LogP contribution in [-0.4, -0.2) is 37.4 Å². The molecule has 144 valence electrons. The maximum Gasteiger partial charge on any atom is 0.277 e.